The molecule has 0 radical (unpaired) electrons. The lowest BCUT2D eigenvalue weighted by atomic mass is 9.83. The van der Waals surface area contributed by atoms with Gasteiger partial charge in [-0.2, -0.15) is 13.2 Å². The molecule has 244 valence electrons. The molecule has 2 aromatic heterocycles. The molecule has 12 heteroatoms. The lowest BCUT2D eigenvalue weighted by Gasteiger charge is -2.39. The topological polar surface area (TPSA) is 97.6 Å². The van der Waals surface area contributed by atoms with E-state index in [0.29, 0.717) is 35.2 Å². The average Bonchev–Trinajstić information content (AvgIpc) is 3.42. The number of amides is 1. The maximum absolute atomic E-state index is 13.3. The molecule has 1 amide bonds. The Hall–Kier alpha value is -3.25. The van der Waals surface area contributed by atoms with E-state index < -0.39 is 26.1 Å². The summed E-state index contributed by atoms with van der Waals surface area (Å²) < 4.78 is 52.6. The first-order valence-corrected chi connectivity index (χ1v) is 18.7. The summed E-state index contributed by atoms with van der Waals surface area (Å²) in [6.45, 7) is 13.4. The number of carbonyl (C=O) groups excluding carboxylic acids is 2. The smallest absolute Gasteiger partial charge is 0.433 e. The molecule has 3 aromatic rings. The Morgan fingerprint density at radius 2 is 1.76 bits per heavy atom. The number of alkyl halides is 3. The number of nitrogens with one attached hydrogen (secondary N) is 1. The van der Waals surface area contributed by atoms with Crippen molar-refractivity contribution in [3.8, 4) is 0 Å². The van der Waals surface area contributed by atoms with E-state index in [9.17, 15) is 22.8 Å². The van der Waals surface area contributed by atoms with Gasteiger partial charge in [-0.1, -0.05) is 26.8 Å². The summed E-state index contributed by atoms with van der Waals surface area (Å²) in [5.74, 6) is 0.433. The molecule has 1 N–H and O–H groups in total. The van der Waals surface area contributed by atoms with E-state index >= 15 is 0 Å². The first-order valence-electron chi connectivity index (χ1n) is 15.8. The summed E-state index contributed by atoms with van der Waals surface area (Å²) in [6, 6.07) is 6.87. The Morgan fingerprint density at radius 1 is 1.07 bits per heavy atom. The van der Waals surface area contributed by atoms with Gasteiger partial charge in [-0.3, -0.25) is 4.79 Å². The number of anilines is 2. The number of aldehydes is 1. The predicted octanol–water partition coefficient (Wildman–Crippen LogP) is 8.20. The highest BCUT2D eigenvalue weighted by Gasteiger charge is 2.38. The molecule has 0 unspecified atom stereocenters. The SMILES string of the molecule is CC(C)(C)[Si](C)(C)OCC1CCN(c2cc3nc(C4CCC(C=O)CC4)oc3cc2NC(=O)c2cccc(C(F)(F)F)n2)CC1. The highest BCUT2D eigenvalue weighted by Crippen LogP contribution is 2.40. The Kier molecular flexibility index (Phi) is 9.47. The summed E-state index contributed by atoms with van der Waals surface area (Å²) in [5.41, 5.74) is 0.831. The van der Waals surface area contributed by atoms with E-state index in [-0.39, 0.29) is 22.6 Å². The number of pyridine rings is 1. The Morgan fingerprint density at radius 3 is 2.38 bits per heavy atom. The first-order chi connectivity index (χ1) is 21.1. The maximum atomic E-state index is 13.3. The van der Waals surface area contributed by atoms with E-state index in [1.165, 1.54) is 12.1 Å². The van der Waals surface area contributed by atoms with Crippen LogP contribution in [0.4, 0.5) is 24.5 Å². The van der Waals surface area contributed by atoms with Crippen molar-refractivity contribution >= 4 is 43.0 Å². The molecule has 8 nitrogen and oxygen atoms in total. The zero-order valence-electron chi connectivity index (χ0n) is 26.7. The van der Waals surface area contributed by atoms with Crippen molar-refractivity contribution in [1.82, 2.24) is 9.97 Å². The van der Waals surface area contributed by atoms with Gasteiger partial charge in [-0.15, -0.1) is 0 Å². The molecule has 2 aliphatic rings. The van der Waals surface area contributed by atoms with Gasteiger partial charge in [-0.25, -0.2) is 9.97 Å². The fourth-order valence-electron chi connectivity index (χ4n) is 5.81. The average molecular weight is 645 g/mol. The molecule has 0 atom stereocenters. The fourth-order valence-corrected chi connectivity index (χ4v) is 6.89. The third-order valence-electron chi connectivity index (χ3n) is 9.80. The van der Waals surface area contributed by atoms with Crippen molar-refractivity contribution in [3.05, 3.63) is 47.6 Å². The molecule has 1 aliphatic heterocycles. The summed E-state index contributed by atoms with van der Waals surface area (Å²) >= 11 is 0. The van der Waals surface area contributed by atoms with Crippen LogP contribution >= 0.6 is 0 Å². The largest absolute Gasteiger partial charge is 0.440 e. The van der Waals surface area contributed by atoms with E-state index in [1.807, 2.05) is 6.07 Å². The van der Waals surface area contributed by atoms with Gasteiger partial charge in [0.1, 0.15) is 23.2 Å². The number of halogens is 3. The second kappa shape index (κ2) is 12.9. The minimum atomic E-state index is -4.67. The van der Waals surface area contributed by atoms with Crippen LogP contribution in [-0.4, -0.2) is 50.2 Å². The number of oxazole rings is 1. The third kappa shape index (κ3) is 7.60. The van der Waals surface area contributed by atoms with Crippen LogP contribution in [-0.2, 0) is 15.4 Å². The van der Waals surface area contributed by atoms with E-state index in [2.05, 4.69) is 49.1 Å². The molecule has 1 saturated carbocycles. The summed E-state index contributed by atoms with van der Waals surface area (Å²) in [4.78, 5) is 35.0. The number of aromatic nitrogens is 2. The van der Waals surface area contributed by atoms with Crippen molar-refractivity contribution in [2.75, 3.05) is 29.9 Å². The van der Waals surface area contributed by atoms with Crippen LogP contribution in [0.25, 0.3) is 11.1 Å². The molecule has 3 heterocycles. The van der Waals surface area contributed by atoms with Crippen LogP contribution in [0, 0.1) is 11.8 Å². The normalized spacial score (nSPS) is 20.4. The molecule has 1 aromatic carbocycles. The molecule has 0 spiro atoms. The third-order valence-corrected chi connectivity index (χ3v) is 14.3. The van der Waals surface area contributed by atoms with Crippen molar-refractivity contribution < 1.29 is 31.6 Å². The zero-order chi connectivity index (χ0) is 32.6. The monoisotopic (exact) mass is 644 g/mol. The van der Waals surface area contributed by atoms with Gasteiger partial charge in [0.15, 0.2) is 19.8 Å². The number of hydrogen-bond acceptors (Lipinski definition) is 7. The number of nitrogens with zero attached hydrogens (tertiary/aromatic N) is 3. The van der Waals surface area contributed by atoms with Crippen LogP contribution in [0.15, 0.2) is 34.7 Å². The molecule has 1 saturated heterocycles. The second-order valence-corrected chi connectivity index (χ2v) is 18.8. The van der Waals surface area contributed by atoms with Gasteiger partial charge in [-0.05, 0) is 80.8 Å². The zero-order valence-corrected chi connectivity index (χ0v) is 27.7. The highest BCUT2D eigenvalue weighted by atomic mass is 28.4. The Labute approximate surface area is 263 Å². The van der Waals surface area contributed by atoms with E-state index in [1.54, 1.807) is 6.07 Å². The van der Waals surface area contributed by atoms with Gasteiger partial charge in [0.2, 0.25) is 0 Å². The van der Waals surface area contributed by atoms with Crippen molar-refractivity contribution in [2.45, 2.75) is 89.5 Å². The van der Waals surface area contributed by atoms with E-state index in [0.717, 1.165) is 69.7 Å². The minimum Gasteiger partial charge on any atom is -0.440 e. The van der Waals surface area contributed by atoms with Crippen LogP contribution in [0.2, 0.25) is 18.1 Å². The van der Waals surface area contributed by atoms with Crippen molar-refractivity contribution in [1.29, 1.82) is 0 Å². The molecular weight excluding hydrogens is 601 g/mol. The fraction of sp³-hybridized carbons (Fsp3) is 0.576. The number of benzene rings is 1. The number of rotatable bonds is 8. The summed E-state index contributed by atoms with van der Waals surface area (Å²) in [7, 11) is -1.87. The van der Waals surface area contributed by atoms with Crippen molar-refractivity contribution in [3.63, 3.8) is 0 Å². The first kappa shape index (κ1) is 33.1. The Balaban J connectivity index is 1.39. The predicted molar refractivity (Wildman–Crippen MR) is 170 cm³/mol. The number of fused-ring (bicyclic) bond motifs is 1. The quantitative estimate of drug-likeness (QED) is 0.195. The lowest BCUT2D eigenvalue weighted by Crippen LogP contribution is -2.43. The van der Waals surface area contributed by atoms with Crippen LogP contribution in [0.1, 0.15) is 87.3 Å². The van der Waals surface area contributed by atoms with Crippen LogP contribution in [0.3, 0.4) is 0 Å². The second-order valence-electron chi connectivity index (χ2n) is 14.0. The molecule has 2 fully saturated rings. The molecule has 0 bridgehead atoms. The standard InChI is InChI=1S/C33H43F3N4O4Si/c1-32(2,3)45(4,5)43-20-22-13-15-40(16-14-22)27-17-26-28(44-31(39-26)23-11-9-21(19-41)10-12-23)18-25(27)38-30(42)24-7-6-8-29(37-24)33(34,35)36/h6-8,17-19,21-23H,9-16,20H2,1-5H3,(H,38,42). The number of carbonyl (C=O) groups is 2. The van der Waals surface area contributed by atoms with Crippen molar-refractivity contribution in [2.24, 2.45) is 11.8 Å². The van der Waals surface area contributed by atoms with Gasteiger partial charge < -0.3 is 23.9 Å². The molecule has 5 rings (SSSR count). The summed E-state index contributed by atoms with van der Waals surface area (Å²) in [5, 5.41) is 2.95. The maximum Gasteiger partial charge on any atom is 0.433 e. The minimum absolute atomic E-state index is 0.0682. The number of hydrogen-bond donors (Lipinski definition) is 1. The van der Waals surface area contributed by atoms with Gasteiger partial charge in [0.25, 0.3) is 5.91 Å². The number of piperidine rings is 1. The van der Waals surface area contributed by atoms with Gasteiger partial charge >= 0.3 is 6.18 Å². The highest BCUT2D eigenvalue weighted by molar-refractivity contribution is 6.74. The molecule has 45 heavy (non-hydrogen) atoms. The van der Waals surface area contributed by atoms with Crippen LogP contribution in [0.5, 0.6) is 0 Å². The van der Waals surface area contributed by atoms with Gasteiger partial charge in [0, 0.05) is 37.6 Å². The molecular formula is C33H43F3N4O4Si. The van der Waals surface area contributed by atoms with E-state index in [4.69, 9.17) is 13.8 Å². The molecule has 1 aliphatic carbocycles. The van der Waals surface area contributed by atoms with Crippen LogP contribution < -0.4 is 10.2 Å². The summed E-state index contributed by atoms with van der Waals surface area (Å²) in [6.07, 6.45) is 1.34. The Bertz CT molecular complexity index is 1520. The lowest BCUT2D eigenvalue weighted by molar-refractivity contribution is -0.141. The van der Waals surface area contributed by atoms with Gasteiger partial charge in [0.05, 0.1) is 11.4 Å².